The number of fused-ring (bicyclic) bond motifs is 3. The first-order valence-electron chi connectivity index (χ1n) is 14.6. The fourth-order valence-corrected chi connectivity index (χ4v) is 7.61. The van der Waals surface area contributed by atoms with Gasteiger partial charge in [0.15, 0.2) is 6.20 Å². The second-order valence-corrected chi connectivity index (χ2v) is 13.4. The van der Waals surface area contributed by atoms with Crippen molar-refractivity contribution in [1.82, 2.24) is 0 Å². The topological polar surface area (TPSA) is 40.8 Å². The van der Waals surface area contributed by atoms with E-state index in [0.29, 0.717) is 11.5 Å². The molecule has 3 heteroatoms. The minimum Gasteiger partial charge on any atom is -0.454 e. The van der Waals surface area contributed by atoms with Gasteiger partial charge in [-0.25, -0.2) is 4.57 Å². The molecule has 2 aliphatic rings. The number of furan rings is 1. The van der Waals surface area contributed by atoms with Gasteiger partial charge in [0, 0.05) is 28.5 Å². The first kappa shape index (κ1) is 25.1. The predicted molar refractivity (Wildman–Crippen MR) is 162 cm³/mol. The molecule has 0 atom stereocenters. The predicted octanol–water partition coefficient (Wildman–Crippen LogP) is 9.15. The van der Waals surface area contributed by atoms with E-state index in [9.17, 15) is 5.26 Å². The van der Waals surface area contributed by atoms with Crippen molar-refractivity contribution >= 4 is 21.9 Å². The van der Waals surface area contributed by atoms with E-state index in [1.165, 1.54) is 42.4 Å². The summed E-state index contributed by atoms with van der Waals surface area (Å²) in [6.07, 6.45) is 7.01. The molecule has 3 nitrogen and oxygen atoms in total. The van der Waals surface area contributed by atoms with E-state index < -0.39 is 0 Å². The Morgan fingerprint density at radius 3 is 2.10 bits per heavy atom. The highest BCUT2D eigenvalue weighted by atomic mass is 16.3. The lowest BCUT2D eigenvalue weighted by Crippen LogP contribution is -2.34. The highest BCUT2D eigenvalue weighted by Gasteiger charge is 2.41. The molecule has 0 amide bonds. The minimum atomic E-state index is 0.102. The van der Waals surface area contributed by atoms with E-state index >= 15 is 0 Å². The molecule has 2 heterocycles. The number of nitrogens with zero attached hydrogens (tertiary/aromatic N) is 2. The van der Waals surface area contributed by atoms with E-state index in [4.69, 9.17) is 4.42 Å². The number of pyridine rings is 1. The van der Waals surface area contributed by atoms with Crippen LogP contribution in [0.25, 0.3) is 44.3 Å². The molecule has 40 heavy (non-hydrogen) atoms. The fraction of sp³-hybridized carbons (Fsp3) is 0.351. The van der Waals surface area contributed by atoms with Crippen LogP contribution >= 0.6 is 0 Å². The van der Waals surface area contributed by atoms with Crippen molar-refractivity contribution in [2.24, 2.45) is 7.05 Å². The van der Waals surface area contributed by atoms with Gasteiger partial charge in [-0.1, -0.05) is 52.0 Å². The van der Waals surface area contributed by atoms with Crippen molar-refractivity contribution in [2.75, 3.05) is 0 Å². The Bertz CT molecular complexity index is 1850. The van der Waals surface area contributed by atoms with Crippen LogP contribution in [0.15, 0.2) is 65.2 Å². The molecule has 2 aliphatic carbocycles. The van der Waals surface area contributed by atoms with Gasteiger partial charge in [0.1, 0.15) is 18.2 Å². The summed E-state index contributed by atoms with van der Waals surface area (Å²) in [7, 11) is 2.07. The van der Waals surface area contributed by atoms with E-state index in [-0.39, 0.29) is 10.8 Å². The third-order valence-electron chi connectivity index (χ3n) is 10.0. The van der Waals surface area contributed by atoms with Gasteiger partial charge in [-0.05, 0) is 95.4 Å². The summed E-state index contributed by atoms with van der Waals surface area (Å²) < 4.78 is 9.04. The molecule has 0 N–H and O–H groups in total. The van der Waals surface area contributed by atoms with Gasteiger partial charge in [0.25, 0.3) is 0 Å². The van der Waals surface area contributed by atoms with Gasteiger partial charge in [-0.15, -0.1) is 0 Å². The van der Waals surface area contributed by atoms with E-state index in [1.807, 2.05) is 12.1 Å². The largest absolute Gasteiger partial charge is 0.454 e. The molecule has 0 saturated heterocycles. The molecule has 5 aromatic rings. The molecular formula is C37H37N2O+. The average molecular weight is 526 g/mol. The standard InChI is InChI=1S/C37H37N2O/c1-22-10-12-26-27-13-11-24(21-38)32(35(27)40-34(26)31(22)30-9-7-8-18-39(30)6)25-19-28-33-23(14-16-36(28,2)3)15-17-37(4,5)29(33)20-25/h7-13,18-20,23H,14-17H2,1-6H3/q+1. The molecule has 0 saturated carbocycles. The number of hydrogen-bond donors (Lipinski definition) is 0. The van der Waals surface area contributed by atoms with Crippen molar-refractivity contribution in [1.29, 1.82) is 5.26 Å². The van der Waals surface area contributed by atoms with Crippen LogP contribution in [-0.4, -0.2) is 0 Å². The summed E-state index contributed by atoms with van der Waals surface area (Å²) in [6.45, 7) is 11.7. The zero-order valence-electron chi connectivity index (χ0n) is 24.5. The maximum atomic E-state index is 10.4. The highest BCUT2D eigenvalue weighted by molar-refractivity contribution is 6.14. The monoisotopic (exact) mass is 525 g/mol. The molecule has 200 valence electrons. The smallest absolute Gasteiger partial charge is 0.216 e. The number of aromatic nitrogens is 1. The summed E-state index contributed by atoms with van der Waals surface area (Å²) in [5.74, 6) is 0.648. The first-order chi connectivity index (χ1) is 19.1. The molecule has 0 radical (unpaired) electrons. The zero-order valence-corrected chi connectivity index (χ0v) is 24.5. The van der Waals surface area contributed by atoms with Crippen molar-refractivity contribution < 1.29 is 8.98 Å². The average Bonchev–Trinajstić information content (AvgIpc) is 3.30. The fourth-order valence-electron chi connectivity index (χ4n) is 7.61. The highest BCUT2D eigenvalue weighted by Crippen LogP contribution is 2.54. The molecule has 0 aliphatic heterocycles. The van der Waals surface area contributed by atoms with Crippen LogP contribution in [0, 0.1) is 18.3 Å². The lowest BCUT2D eigenvalue weighted by atomic mass is 9.59. The van der Waals surface area contributed by atoms with E-state index in [2.05, 4.69) is 101 Å². The maximum Gasteiger partial charge on any atom is 0.216 e. The van der Waals surface area contributed by atoms with E-state index in [0.717, 1.165) is 44.3 Å². The van der Waals surface area contributed by atoms with Gasteiger partial charge >= 0.3 is 0 Å². The first-order valence-corrected chi connectivity index (χ1v) is 14.6. The Morgan fingerprint density at radius 2 is 1.48 bits per heavy atom. The summed E-state index contributed by atoms with van der Waals surface area (Å²) in [4.78, 5) is 0. The van der Waals surface area contributed by atoms with Crippen LogP contribution in [0.5, 0.6) is 0 Å². The van der Waals surface area contributed by atoms with Crippen molar-refractivity contribution in [2.45, 2.75) is 77.0 Å². The molecule has 7 rings (SSSR count). The normalized spacial score (nSPS) is 17.6. The van der Waals surface area contributed by atoms with Gasteiger partial charge in [0.2, 0.25) is 5.69 Å². The number of nitriles is 1. The van der Waals surface area contributed by atoms with Crippen LogP contribution in [-0.2, 0) is 17.9 Å². The van der Waals surface area contributed by atoms with Crippen molar-refractivity contribution in [3.05, 3.63) is 88.6 Å². The number of hydrogen-bond acceptors (Lipinski definition) is 2. The minimum absolute atomic E-state index is 0.102. The van der Waals surface area contributed by atoms with E-state index in [1.54, 1.807) is 5.56 Å². The Morgan fingerprint density at radius 1 is 0.850 bits per heavy atom. The van der Waals surface area contributed by atoms with Gasteiger partial charge in [0.05, 0.1) is 17.2 Å². The van der Waals surface area contributed by atoms with Crippen LogP contribution in [0.3, 0.4) is 0 Å². The molecule has 0 fully saturated rings. The quantitative estimate of drug-likeness (QED) is 0.216. The summed E-state index contributed by atoms with van der Waals surface area (Å²) >= 11 is 0. The van der Waals surface area contributed by atoms with Crippen LogP contribution in [0.1, 0.15) is 87.1 Å². The third-order valence-corrected chi connectivity index (χ3v) is 10.0. The Hall–Kier alpha value is -3.90. The zero-order chi connectivity index (χ0) is 28.0. The maximum absolute atomic E-state index is 10.4. The molecule has 0 unspecified atom stereocenters. The number of rotatable bonds is 2. The second-order valence-electron chi connectivity index (χ2n) is 13.4. The molecule has 0 bridgehead atoms. The number of benzene rings is 3. The van der Waals surface area contributed by atoms with Crippen LogP contribution in [0.2, 0.25) is 0 Å². The lowest BCUT2D eigenvalue weighted by molar-refractivity contribution is -0.660. The van der Waals surface area contributed by atoms with Crippen LogP contribution < -0.4 is 4.57 Å². The van der Waals surface area contributed by atoms with Gasteiger partial charge in [-0.3, -0.25) is 0 Å². The van der Waals surface area contributed by atoms with Gasteiger partial charge in [-0.2, -0.15) is 5.26 Å². The second kappa shape index (κ2) is 8.55. The Balaban J connectivity index is 1.58. The Labute approximate surface area is 237 Å². The molecule has 3 aromatic carbocycles. The summed E-state index contributed by atoms with van der Waals surface area (Å²) in [5.41, 5.74) is 12.5. The van der Waals surface area contributed by atoms with Gasteiger partial charge < -0.3 is 4.42 Å². The molecule has 2 aromatic heterocycles. The SMILES string of the molecule is Cc1ccc2c(oc3c(-c4cc5c6c(c4)C(C)(C)CCC6CCC5(C)C)c(C#N)ccc32)c1-c1cccc[n+]1C. The van der Waals surface area contributed by atoms with Crippen molar-refractivity contribution in [3.8, 4) is 28.5 Å². The molecule has 0 spiro atoms. The third kappa shape index (κ3) is 3.51. The Kier molecular flexibility index (Phi) is 5.36. The molecular weight excluding hydrogens is 488 g/mol. The number of aryl methyl sites for hydroxylation is 2. The summed E-state index contributed by atoms with van der Waals surface area (Å²) in [6, 6.07) is 22.0. The lowest BCUT2D eigenvalue weighted by Gasteiger charge is -2.46. The summed E-state index contributed by atoms with van der Waals surface area (Å²) in [5, 5.41) is 12.5. The van der Waals surface area contributed by atoms with Crippen LogP contribution in [0.4, 0.5) is 0 Å². The van der Waals surface area contributed by atoms with Crippen molar-refractivity contribution in [3.63, 3.8) is 0 Å².